The third-order valence-electron chi connectivity index (χ3n) is 2.08. The number of nitrogens with zero attached hydrogens (tertiary/aromatic N) is 1. The molecule has 7 heteroatoms. The molecule has 0 radical (unpaired) electrons. The minimum absolute atomic E-state index is 0.119. The summed E-state index contributed by atoms with van der Waals surface area (Å²) in [6.45, 7) is 1.30. The molecule has 0 bridgehead atoms. The van der Waals surface area contributed by atoms with Crippen molar-refractivity contribution in [2.75, 3.05) is 32.7 Å². The normalized spacial score (nSPS) is 10.1. The average Bonchev–Trinajstić information content (AvgIpc) is 2.38. The van der Waals surface area contributed by atoms with Gasteiger partial charge in [0.2, 0.25) is 0 Å². The highest BCUT2D eigenvalue weighted by Crippen LogP contribution is 2.30. The smallest absolute Gasteiger partial charge is 0.314 e. The largest absolute Gasteiger partial charge is 0.491 e. The lowest BCUT2D eigenvalue weighted by Gasteiger charge is -2.07. The molecule has 0 amide bonds. The van der Waals surface area contributed by atoms with Gasteiger partial charge in [-0.2, -0.15) is 12.6 Å². The Morgan fingerprint density at radius 2 is 2.11 bits per heavy atom. The van der Waals surface area contributed by atoms with Crippen molar-refractivity contribution >= 4 is 18.3 Å². The first-order chi connectivity index (χ1) is 8.69. The van der Waals surface area contributed by atoms with Gasteiger partial charge in [0.05, 0.1) is 31.3 Å². The summed E-state index contributed by atoms with van der Waals surface area (Å²) in [6, 6.07) is 4.45. The zero-order valence-corrected chi connectivity index (χ0v) is 10.9. The van der Waals surface area contributed by atoms with E-state index < -0.39 is 4.92 Å². The number of hydrogen-bond acceptors (Lipinski definition) is 6. The van der Waals surface area contributed by atoms with Crippen molar-refractivity contribution < 1.29 is 19.1 Å². The molecule has 0 saturated carbocycles. The minimum atomic E-state index is -0.511. The van der Waals surface area contributed by atoms with Crippen LogP contribution in [0.25, 0.3) is 0 Å². The Kier molecular flexibility index (Phi) is 6.31. The summed E-state index contributed by atoms with van der Waals surface area (Å²) < 4.78 is 15.4. The van der Waals surface area contributed by atoms with Gasteiger partial charge >= 0.3 is 5.69 Å². The van der Waals surface area contributed by atoms with Crippen molar-refractivity contribution in [1.82, 2.24) is 0 Å². The van der Waals surface area contributed by atoms with Gasteiger partial charge in [0, 0.05) is 5.75 Å². The number of rotatable bonds is 8. The maximum absolute atomic E-state index is 10.8. The SMILES string of the molecule is COc1ccc(OCCOCCS)cc1[N+](=O)[O-]. The van der Waals surface area contributed by atoms with Crippen molar-refractivity contribution in [3.05, 3.63) is 28.3 Å². The van der Waals surface area contributed by atoms with Gasteiger partial charge in [-0.25, -0.2) is 0 Å². The topological polar surface area (TPSA) is 70.8 Å². The molecule has 0 aliphatic rings. The summed E-state index contributed by atoms with van der Waals surface area (Å²) in [5.74, 6) is 1.27. The van der Waals surface area contributed by atoms with E-state index in [1.54, 1.807) is 6.07 Å². The van der Waals surface area contributed by atoms with Crippen molar-refractivity contribution in [2.24, 2.45) is 0 Å². The van der Waals surface area contributed by atoms with Gasteiger partial charge in [0.1, 0.15) is 12.4 Å². The monoisotopic (exact) mass is 273 g/mol. The van der Waals surface area contributed by atoms with E-state index in [1.807, 2.05) is 0 Å². The Morgan fingerprint density at radius 3 is 2.72 bits per heavy atom. The molecule has 0 aromatic heterocycles. The van der Waals surface area contributed by atoms with Crippen LogP contribution in [0.5, 0.6) is 11.5 Å². The number of benzene rings is 1. The van der Waals surface area contributed by atoms with Crippen LogP contribution in [-0.2, 0) is 4.74 Å². The Hall–Kier alpha value is -1.47. The number of hydrogen-bond donors (Lipinski definition) is 1. The summed E-state index contributed by atoms with van der Waals surface area (Å²) in [7, 11) is 1.38. The van der Waals surface area contributed by atoms with Gasteiger partial charge in [-0.15, -0.1) is 0 Å². The number of methoxy groups -OCH3 is 1. The predicted octanol–water partition coefficient (Wildman–Crippen LogP) is 1.93. The van der Waals surface area contributed by atoms with Crippen LogP contribution in [0.3, 0.4) is 0 Å². The first kappa shape index (κ1) is 14.6. The molecule has 0 aliphatic heterocycles. The second-order valence-corrected chi connectivity index (χ2v) is 3.72. The first-order valence-electron chi connectivity index (χ1n) is 5.33. The molecule has 100 valence electrons. The lowest BCUT2D eigenvalue weighted by molar-refractivity contribution is -0.385. The van der Waals surface area contributed by atoms with E-state index in [2.05, 4.69) is 12.6 Å². The molecule has 0 fully saturated rings. The fraction of sp³-hybridized carbons (Fsp3) is 0.455. The van der Waals surface area contributed by atoms with Crippen LogP contribution in [0.1, 0.15) is 0 Å². The Balaban J connectivity index is 2.56. The molecule has 0 heterocycles. The van der Waals surface area contributed by atoms with Crippen molar-refractivity contribution in [3.63, 3.8) is 0 Å². The zero-order chi connectivity index (χ0) is 13.4. The van der Waals surface area contributed by atoms with Crippen LogP contribution in [-0.4, -0.2) is 37.6 Å². The van der Waals surface area contributed by atoms with Crippen LogP contribution in [0.2, 0.25) is 0 Å². The fourth-order valence-corrected chi connectivity index (χ4v) is 1.42. The second kappa shape index (κ2) is 7.78. The van der Waals surface area contributed by atoms with Crippen LogP contribution < -0.4 is 9.47 Å². The molecule has 1 rings (SSSR count). The summed E-state index contributed by atoms with van der Waals surface area (Å²) >= 11 is 4.00. The summed E-state index contributed by atoms with van der Waals surface area (Å²) in [4.78, 5) is 10.3. The number of nitro benzene ring substituents is 1. The van der Waals surface area contributed by atoms with Crippen LogP contribution >= 0.6 is 12.6 Å². The standard InChI is InChI=1S/C11H15NO5S/c1-15-11-3-2-9(8-10(11)12(13)14)17-5-4-16-6-7-18/h2-3,8,18H,4-7H2,1H3. The Bertz CT molecular complexity index is 399. The molecule has 0 N–H and O–H groups in total. The molecule has 1 aromatic carbocycles. The molecule has 0 aliphatic carbocycles. The molecule has 6 nitrogen and oxygen atoms in total. The van der Waals surface area contributed by atoms with Crippen molar-refractivity contribution in [1.29, 1.82) is 0 Å². The predicted molar refractivity (Wildman–Crippen MR) is 69.8 cm³/mol. The molecule has 0 atom stereocenters. The molecule has 0 unspecified atom stereocenters. The van der Waals surface area contributed by atoms with Gasteiger partial charge < -0.3 is 14.2 Å². The third kappa shape index (κ3) is 4.42. The highest BCUT2D eigenvalue weighted by molar-refractivity contribution is 7.80. The van der Waals surface area contributed by atoms with Gasteiger partial charge in [-0.05, 0) is 12.1 Å². The second-order valence-electron chi connectivity index (χ2n) is 3.28. The maximum atomic E-state index is 10.8. The first-order valence-corrected chi connectivity index (χ1v) is 5.96. The molecule has 0 spiro atoms. The van der Waals surface area contributed by atoms with E-state index >= 15 is 0 Å². The van der Waals surface area contributed by atoms with E-state index in [1.165, 1.54) is 19.2 Å². The highest BCUT2D eigenvalue weighted by Gasteiger charge is 2.15. The quantitative estimate of drug-likeness (QED) is 0.339. The molecule has 0 saturated heterocycles. The lowest BCUT2D eigenvalue weighted by Crippen LogP contribution is -2.08. The average molecular weight is 273 g/mol. The van der Waals surface area contributed by atoms with E-state index in [4.69, 9.17) is 14.2 Å². The number of nitro groups is 1. The van der Waals surface area contributed by atoms with Crippen LogP contribution in [0.15, 0.2) is 18.2 Å². The summed E-state index contributed by atoms with van der Waals surface area (Å²) in [6.07, 6.45) is 0. The highest BCUT2D eigenvalue weighted by atomic mass is 32.1. The van der Waals surface area contributed by atoms with Gasteiger partial charge in [0.15, 0.2) is 5.75 Å². The summed E-state index contributed by atoms with van der Waals surface area (Å²) in [5, 5.41) is 10.8. The molecular weight excluding hydrogens is 258 g/mol. The van der Waals surface area contributed by atoms with E-state index in [9.17, 15) is 10.1 Å². The Labute approximate surface area is 110 Å². The zero-order valence-electron chi connectivity index (χ0n) is 10.00. The van der Waals surface area contributed by atoms with E-state index in [0.29, 0.717) is 31.3 Å². The van der Waals surface area contributed by atoms with Crippen molar-refractivity contribution in [3.8, 4) is 11.5 Å². The third-order valence-corrected chi connectivity index (χ3v) is 2.26. The summed E-state index contributed by atoms with van der Waals surface area (Å²) in [5.41, 5.74) is -0.119. The lowest BCUT2D eigenvalue weighted by atomic mass is 10.3. The number of thiol groups is 1. The molecule has 18 heavy (non-hydrogen) atoms. The fourth-order valence-electron chi connectivity index (χ4n) is 1.29. The van der Waals surface area contributed by atoms with Crippen LogP contribution in [0, 0.1) is 10.1 Å². The number of ether oxygens (including phenoxy) is 3. The minimum Gasteiger partial charge on any atom is -0.491 e. The van der Waals surface area contributed by atoms with Gasteiger partial charge in [0.25, 0.3) is 0 Å². The molecular formula is C11H15NO5S. The van der Waals surface area contributed by atoms with Gasteiger partial charge in [-0.3, -0.25) is 10.1 Å². The van der Waals surface area contributed by atoms with Crippen molar-refractivity contribution in [2.45, 2.75) is 0 Å². The Morgan fingerprint density at radius 1 is 1.33 bits per heavy atom. The maximum Gasteiger partial charge on any atom is 0.314 e. The van der Waals surface area contributed by atoms with Crippen LogP contribution in [0.4, 0.5) is 5.69 Å². The van der Waals surface area contributed by atoms with E-state index in [-0.39, 0.29) is 11.4 Å². The molecule has 1 aromatic rings. The van der Waals surface area contributed by atoms with Gasteiger partial charge in [-0.1, -0.05) is 0 Å². The van der Waals surface area contributed by atoms with E-state index in [0.717, 1.165) is 0 Å².